The van der Waals surface area contributed by atoms with Crippen LogP contribution in [0.1, 0.15) is 44.6 Å². The number of nitrogens with zero attached hydrogens (tertiary/aromatic N) is 1. The molecule has 2 heteroatoms. The lowest BCUT2D eigenvalue weighted by atomic mass is 9.83. The molecule has 1 fully saturated rings. The van der Waals surface area contributed by atoms with Gasteiger partial charge in [0.05, 0.1) is 0 Å². The summed E-state index contributed by atoms with van der Waals surface area (Å²) < 4.78 is 0. The zero-order chi connectivity index (χ0) is 13.7. The number of rotatable bonds is 6. The lowest BCUT2D eigenvalue weighted by Crippen LogP contribution is -2.38. The Kier molecular flexibility index (Phi) is 5.00. The molecule has 1 unspecified atom stereocenters. The first-order valence-corrected chi connectivity index (χ1v) is 7.61. The SMILES string of the molecule is CCC(CC)(CO)CN1CCC(c2ccccc2)C1. The summed E-state index contributed by atoms with van der Waals surface area (Å²) in [5.41, 5.74) is 1.57. The van der Waals surface area contributed by atoms with Gasteiger partial charge in [-0.2, -0.15) is 0 Å². The van der Waals surface area contributed by atoms with Crippen LogP contribution in [0.4, 0.5) is 0 Å². The van der Waals surface area contributed by atoms with Crippen molar-refractivity contribution in [3.63, 3.8) is 0 Å². The van der Waals surface area contributed by atoms with E-state index in [1.54, 1.807) is 0 Å². The molecule has 0 spiro atoms. The van der Waals surface area contributed by atoms with Gasteiger partial charge < -0.3 is 10.0 Å². The molecule has 1 aliphatic rings. The second-order valence-electron chi connectivity index (χ2n) is 6.00. The molecule has 106 valence electrons. The first-order chi connectivity index (χ1) is 9.23. The second kappa shape index (κ2) is 6.53. The van der Waals surface area contributed by atoms with Crippen LogP contribution in [-0.4, -0.2) is 36.2 Å². The average molecular weight is 261 g/mol. The van der Waals surface area contributed by atoms with E-state index in [0.29, 0.717) is 12.5 Å². The van der Waals surface area contributed by atoms with Crippen molar-refractivity contribution in [3.05, 3.63) is 35.9 Å². The van der Waals surface area contributed by atoms with E-state index in [9.17, 15) is 5.11 Å². The van der Waals surface area contributed by atoms with E-state index in [2.05, 4.69) is 49.1 Å². The number of aliphatic hydroxyl groups excluding tert-OH is 1. The van der Waals surface area contributed by atoms with E-state index in [-0.39, 0.29) is 5.41 Å². The van der Waals surface area contributed by atoms with Crippen molar-refractivity contribution in [2.24, 2.45) is 5.41 Å². The Morgan fingerprint density at radius 2 is 1.89 bits per heavy atom. The summed E-state index contributed by atoms with van der Waals surface area (Å²) in [6.07, 6.45) is 3.37. The maximum atomic E-state index is 9.69. The van der Waals surface area contributed by atoms with E-state index < -0.39 is 0 Å². The van der Waals surface area contributed by atoms with Crippen LogP contribution < -0.4 is 0 Å². The van der Waals surface area contributed by atoms with Crippen LogP contribution in [0, 0.1) is 5.41 Å². The van der Waals surface area contributed by atoms with E-state index in [1.807, 2.05) is 0 Å². The Morgan fingerprint density at radius 3 is 2.47 bits per heavy atom. The molecule has 1 aromatic rings. The molecular formula is C17H27NO. The summed E-state index contributed by atoms with van der Waals surface area (Å²) in [7, 11) is 0. The molecule has 1 heterocycles. The Morgan fingerprint density at radius 1 is 1.21 bits per heavy atom. The van der Waals surface area contributed by atoms with Crippen LogP contribution in [0.3, 0.4) is 0 Å². The summed E-state index contributed by atoms with van der Waals surface area (Å²) in [5.74, 6) is 0.673. The third-order valence-corrected chi connectivity index (χ3v) is 4.94. The summed E-state index contributed by atoms with van der Waals surface area (Å²) in [5, 5.41) is 9.69. The molecule has 1 saturated heterocycles. The second-order valence-corrected chi connectivity index (χ2v) is 6.00. The minimum absolute atomic E-state index is 0.103. The number of hydrogen-bond donors (Lipinski definition) is 1. The first-order valence-electron chi connectivity index (χ1n) is 7.61. The van der Waals surface area contributed by atoms with Crippen molar-refractivity contribution in [2.75, 3.05) is 26.2 Å². The lowest BCUT2D eigenvalue weighted by Gasteiger charge is -2.34. The van der Waals surface area contributed by atoms with Crippen LogP contribution in [0.2, 0.25) is 0 Å². The molecule has 1 aromatic carbocycles. The predicted octanol–water partition coefficient (Wildman–Crippen LogP) is 3.27. The molecule has 0 aliphatic carbocycles. The van der Waals surface area contributed by atoms with Gasteiger partial charge in [0.2, 0.25) is 0 Å². The van der Waals surface area contributed by atoms with Gasteiger partial charge in [-0.1, -0.05) is 44.2 Å². The van der Waals surface area contributed by atoms with Gasteiger partial charge in [0.1, 0.15) is 0 Å². The Bertz CT molecular complexity index is 364. The number of aliphatic hydroxyl groups is 1. The topological polar surface area (TPSA) is 23.5 Å². The number of hydrogen-bond acceptors (Lipinski definition) is 2. The molecule has 0 amide bonds. The highest BCUT2D eigenvalue weighted by Gasteiger charge is 2.32. The van der Waals surface area contributed by atoms with Crippen molar-refractivity contribution in [2.45, 2.75) is 39.0 Å². The molecule has 0 bridgehead atoms. The Labute approximate surface area is 117 Å². The van der Waals surface area contributed by atoms with E-state index in [0.717, 1.165) is 25.9 Å². The van der Waals surface area contributed by atoms with Crippen molar-refractivity contribution in [3.8, 4) is 0 Å². The number of benzene rings is 1. The zero-order valence-corrected chi connectivity index (χ0v) is 12.3. The molecule has 0 aromatic heterocycles. The van der Waals surface area contributed by atoms with Gasteiger partial charge in [0.15, 0.2) is 0 Å². The van der Waals surface area contributed by atoms with Crippen molar-refractivity contribution >= 4 is 0 Å². The highest BCUT2D eigenvalue weighted by Crippen LogP contribution is 2.32. The maximum Gasteiger partial charge on any atom is 0.0499 e. The van der Waals surface area contributed by atoms with Gasteiger partial charge in [-0.25, -0.2) is 0 Å². The molecular weight excluding hydrogens is 234 g/mol. The molecule has 1 aliphatic heterocycles. The molecule has 0 saturated carbocycles. The monoisotopic (exact) mass is 261 g/mol. The van der Waals surface area contributed by atoms with E-state index in [4.69, 9.17) is 0 Å². The summed E-state index contributed by atoms with van der Waals surface area (Å²) in [6, 6.07) is 10.8. The van der Waals surface area contributed by atoms with Crippen LogP contribution >= 0.6 is 0 Å². The maximum absolute atomic E-state index is 9.69. The molecule has 19 heavy (non-hydrogen) atoms. The quantitative estimate of drug-likeness (QED) is 0.849. The molecule has 1 N–H and O–H groups in total. The van der Waals surface area contributed by atoms with Crippen molar-refractivity contribution in [1.29, 1.82) is 0 Å². The third kappa shape index (κ3) is 3.37. The fourth-order valence-electron chi connectivity index (χ4n) is 3.20. The largest absolute Gasteiger partial charge is 0.396 e. The highest BCUT2D eigenvalue weighted by molar-refractivity contribution is 5.21. The minimum atomic E-state index is 0.103. The highest BCUT2D eigenvalue weighted by atomic mass is 16.3. The zero-order valence-electron chi connectivity index (χ0n) is 12.3. The third-order valence-electron chi connectivity index (χ3n) is 4.94. The summed E-state index contributed by atoms with van der Waals surface area (Å²) in [4.78, 5) is 2.54. The van der Waals surface area contributed by atoms with Crippen LogP contribution in [0.5, 0.6) is 0 Å². The molecule has 0 radical (unpaired) electrons. The molecule has 2 rings (SSSR count). The predicted molar refractivity (Wildman–Crippen MR) is 80.3 cm³/mol. The standard InChI is InChI=1S/C17H27NO/c1-3-17(4-2,14-19)13-18-11-10-16(12-18)15-8-6-5-7-9-15/h5-9,16,19H,3-4,10-14H2,1-2H3. The normalized spacial score (nSPS) is 20.9. The van der Waals surface area contributed by atoms with E-state index in [1.165, 1.54) is 18.5 Å². The van der Waals surface area contributed by atoms with Gasteiger partial charge in [-0.3, -0.25) is 0 Å². The Hall–Kier alpha value is -0.860. The van der Waals surface area contributed by atoms with Gasteiger partial charge >= 0.3 is 0 Å². The van der Waals surface area contributed by atoms with Crippen LogP contribution in [0.15, 0.2) is 30.3 Å². The number of likely N-dealkylation sites (tertiary alicyclic amines) is 1. The van der Waals surface area contributed by atoms with Gasteiger partial charge in [0.25, 0.3) is 0 Å². The summed E-state index contributed by atoms with van der Waals surface area (Å²) >= 11 is 0. The van der Waals surface area contributed by atoms with Crippen LogP contribution in [0.25, 0.3) is 0 Å². The van der Waals surface area contributed by atoms with Gasteiger partial charge in [0, 0.05) is 25.1 Å². The summed E-state index contributed by atoms with van der Waals surface area (Å²) in [6.45, 7) is 8.06. The van der Waals surface area contributed by atoms with Crippen LogP contribution in [-0.2, 0) is 0 Å². The molecule has 2 nitrogen and oxygen atoms in total. The first kappa shape index (κ1) is 14.5. The Balaban J connectivity index is 1.95. The smallest absolute Gasteiger partial charge is 0.0499 e. The fourth-order valence-corrected chi connectivity index (χ4v) is 3.20. The van der Waals surface area contributed by atoms with Gasteiger partial charge in [-0.05, 0) is 37.3 Å². The minimum Gasteiger partial charge on any atom is -0.396 e. The fraction of sp³-hybridized carbons (Fsp3) is 0.647. The van der Waals surface area contributed by atoms with Crippen molar-refractivity contribution in [1.82, 2.24) is 4.90 Å². The average Bonchev–Trinajstić information content (AvgIpc) is 2.94. The van der Waals surface area contributed by atoms with Crippen molar-refractivity contribution < 1.29 is 5.11 Å². The molecule has 1 atom stereocenters. The van der Waals surface area contributed by atoms with Gasteiger partial charge in [-0.15, -0.1) is 0 Å². The lowest BCUT2D eigenvalue weighted by molar-refractivity contribution is 0.0744. The van der Waals surface area contributed by atoms with E-state index >= 15 is 0 Å².